The summed E-state index contributed by atoms with van der Waals surface area (Å²) in [5.74, 6) is 0. The van der Waals surface area contributed by atoms with Gasteiger partial charge < -0.3 is 18.7 Å². The Morgan fingerprint density at radius 1 is 1.30 bits per heavy atom. The molecule has 0 aromatic rings. The van der Waals surface area contributed by atoms with E-state index in [1.165, 1.54) is 13.5 Å². The first kappa shape index (κ1) is 19.1. The van der Waals surface area contributed by atoms with E-state index < -0.39 is 7.52 Å². The fraction of sp³-hybridized carbons (Fsp3) is 0.875. The van der Waals surface area contributed by atoms with Gasteiger partial charge in [-0.2, -0.15) is 0 Å². The zero-order valence-corrected chi connectivity index (χ0v) is 15.3. The van der Waals surface area contributed by atoms with Crippen LogP contribution in [-0.4, -0.2) is 63.7 Å². The van der Waals surface area contributed by atoms with Crippen LogP contribution in [0.5, 0.6) is 0 Å². The van der Waals surface area contributed by atoms with Crippen LogP contribution in [0.15, 0.2) is 11.6 Å². The standard InChI is InChI=1S/C16H30NO5P/c1-15(14-22-16-7-3-4-10-21-16)6-5-13-23(18,19-2)17-8-11-20-12-9-17/h6,16H,3-5,7-14H2,1-2H3/b15-6+. The van der Waals surface area contributed by atoms with Gasteiger partial charge in [0.1, 0.15) is 0 Å². The van der Waals surface area contributed by atoms with Crippen LogP contribution in [0.2, 0.25) is 0 Å². The van der Waals surface area contributed by atoms with Gasteiger partial charge in [0, 0.05) is 33.0 Å². The molecule has 2 aliphatic rings. The Kier molecular flexibility index (Phi) is 8.24. The van der Waals surface area contributed by atoms with Gasteiger partial charge in [0.25, 0.3) is 7.52 Å². The Morgan fingerprint density at radius 3 is 2.74 bits per heavy atom. The highest BCUT2D eigenvalue weighted by atomic mass is 31.2. The number of ether oxygens (including phenoxy) is 3. The van der Waals surface area contributed by atoms with Crippen LogP contribution < -0.4 is 0 Å². The van der Waals surface area contributed by atoms with Crippen molar-refractivity contribution in [1.82, 2.24) is 4.67 Å². The quantitative estimate of drug-likeness (QED) is 0.497. The molecule has 0 radical (unpaired) electrons. The highest BCUT2D eigenvalue weighted by Gasteiger charge is 2.31. The van der Waals surface area contributed by atoms with Crippen LogP contribution in [0.4, 0.5) is 0 Å². The Hall–Kier alpha value is -0.230. The van der Waals surface area contributed by atoms with E-state index in [1.54, 1.807) is 0 Å². The maximum absolute atomic E-state index is 12.9. The molecule has 0 amide bonds. The monoisotopic (exact) mass is 347 g/mol. The van der Waals surface area contributed by atoms with Crippen molar-refractivity contribution in [1.29, 1.82) is 0 Å². The summed E-state index contributed by atoms with van der Waals surface area (Å²) in [6.07, 6.45) is 6.56. The fourth-order valence-corrected chi connectivity index (χ4v) is 4.73. The molecule has 2 saturated heterocycles. The molecule has 0 N–H and O–H groups in total. The number of hydrogen-bond donors (Lipinski definition) is 0. The normalized spacial score (nSPS) is 26.9. The third kappa shape index (κ3) is 6.29. The summed E-state index contributed by atoms with van der Waals surface area (Å²) in [4.78, 5) is 0. The summed E-state index contributed by atoms with van der Waals surface area (Å²) in [5.41, 5.74) is 1.14. The number of allylic oxidation sites excluding steroid dienone is 1. The van der Waals surface area contributed by atoms with Gasteiger partial charge in [-0.25, -0.2) is 4.67 Å². The maximum Gasteiger partial charge on any atom is 0.272 e. The van der Waals surface area contributed by atoms with Crippen LogP contribution in [0.3, 0.4) is 0 Å². The fourth-order valence-electron chi connectivity index (χ4n) is 2.81. The van der Waals surface area contributed by atoms with Crippen molar-refractivity contribution in [3.63, 3.8) is 0 Å². The van der Waals surface area contributed by atoms with Crippen molar-refractivity contribution < 1.29 is 23.3 Å². The summed E-state index contributed by atoms with van der Waals surface area (Å²) in [7, 11) is -1.20. The Balaban J connectivity index is 1.73. The second-order valence-corrected chi connectivity index (χ2v) is 8.71. The van der Waals surface area contributed by atoms with E-state index in [2.05, 4.69) is 6.08 Å². The van der Waals surface area contributed by atoms with Crippen LogP contribution >= 0.6 is 7.52 Å². The molecule has 7 heteroatoms. The summed E-state index contributed by atoms with van der Waals surface area (Å²) in [5, 5.41) is 0. The minimum absolute atomic E-state index is 0.0643. The number of nitrogens with zero attached hydrogens (tertiary/aromatic N) is 1. The van der Waals surface area contributed by atoms with E-state index in [1.807, 2.05) is 11.6 Å². The van der Waals surface area contributed by atoms with E-state index in [0.29, 0.717) is 39.1 Å². The van der Waals surface area contributed by atoms with Gasteiger partial charge in [-0.05, 0) is 32.6 Å². The first-order chi connectivity index (χ1) is 11.1. The molecular formula is C16H30NO5P. The van der Waals surface area contributed by atoms with Gasteiger partial charge in [-0.3, -0.25) is 4.57 Å². The molecule has 134 valence electrons. The maximum atomic E-state index is 12.9. The molecule has 0 aromatic heterocycles. The zero-order chi connectivity index (χ0) is 16.5. The van der Waals surface area contributed by atoms with Gasteiger partial charge in [0.05, 0.1) is 19.8 Å². The lowest BCUT2D eigenvalue weighted by molar-refractivity contribution is -0.156. The van der Waals surface area contributed by atoms with Crippen LogP contribution in [-0.2, 0) is 23.3 Å². The second-order valence-electron chi connectivity index (χ2n) is 6.06. The lowest BCUT2D eigenvalue weighted by Crippen LogP contribution is -2.34. The van der Waals surface area contributed by atoms with Crippen LogP contribution in [0.25, 0.3) is 0 Å². The molecule has 0 aliphatic carbocycles. The number of morpholine rings is 1. The first-order valence-electron chi connectivity index (χ1n) is 8.51. The SMILES string of the molecule is COP(=O)(CC/C=C(\C)COC1CCCCO1)N1CCOCC1. The minimum atomic E-state index is -2.73. The molecule has 2 heterocycles. The third-order valence-electron chi connectivity index (χ3n) is 4.24. The molecule has 6 nitrogen and oxygen atoms in total. The van der Waals surface area contributed by atoms with Gasteiger partial charge >= 0.3 is 0 Å². The van der Waals surface area contributed by atoms with E-state index in [9.17, 15) is 4.57 Å². The van der Waals surface area contributed by atoms with Gasteiger partial charge in [0.2, 0.25) is 0 Å². The molecule has 0 aromatic carbocycles. The van der Waals surface area contributed by atoms with Gasteiger partial charge in [-0.1, -0.05) is 11.6 Å². The minimum Gasteiger partial charge on any atom is -0.379 e. The van der Waals surface area contributed by atoms with E-state index in [0.717, 1.165) is 31.4 Å². The van der Waals surface area contributed by atoms with Crippen molar-refractivity contribution in [3.05, 3.63) is 11.6 Å². The number of hydrogen-bond acceptors (Lipinski definition) is 5. The van der Waals surface area contributed by atoms with E-state index >= 15 is 0 Å². The predicted octanol–water partition coefficient (Wildman–Crippen LogP) is 3.04. The smallest absolute Gasteiger partial charge is 0.272 e. The number of rotatable bonds is 8. The average Bonchev–Trinajstić information content (AvgIpc) is 2.61. The molecule has 0 spiro atoms. The molecule has 23 heavy (non-hydrogen) atoms. The first-order valence-corrected chi connectivity index (χ1v) is 10.3. The summed E-state index contributed by atoms with van der Waals surface area (Å²) < 4.78 is 36.8. The van der Waals surface area contributed by atoms with E-state index in [4.69, 9.17) is 18.7 Å². The Morgan fingerprint density at radius 2 is 2.09 bits per heavy atom. The molecule has 2 fully saturated rings. The predicted molar refractivity (Wildman–Crippen MR) is 89.8 cm³/mol. The van der Waals surface area contributed by atoms with Gasteiger partial charge in [0.15, 0.2) is 6.29 Å². The van der Waals surface area contributed by atoms with Gasteiger partial charge in [-0.15, -0.1) is 0 Å². The topological polar surface area (TPSA) is 57.2 Å². The summed E-state index contributed by atoms with van der Waals surface area (Å²) >= 11 is 0. The summed E-state index contributed by atoms with van der Waals surface area (Å²) in [6, 6.07) is 0. The van der Waals surface area contributed by atoms with Crippen LogP contribution in [0.1, 0.15) is 32.6 Å². The molecule has 2 rings (SSSR count). The molecule has 2 unspecified atom stereocenters. The van der Waals surface area contributed by atoms with Crippen molar-refractivity contribution in [2.75, 3.05) is 52.8 Å². The van der Waals surface area contributed by atoms with Crippen molar-refractivity contribution >= 4 is 7.52 Å². The van der Waals surface area contributed by atoms with Crippen molar-refractivity contribution in [3.8, 4) is 0 Å². The lowest BCUT2D eigenvalue weighted by Gasteiger charge is -2.32. The molecule has 2 aliphatic heterocycles. The third-order valence-corrected chi connectivity index (χ3v) is 6.90. The molecule has 0 saturated carbocycles. The Bertz CT molecular complexity index is 417. The molecule has 0 bridgehead atoms. The molecule has 2 atom stereocenters. The van der Waals surface area contributed by atoms with Crippen molar-refractivity contribution in [2.45, 2.75) is 38.9 Å². The Labute approximate surface area is 139 Å². The average molecular weight is 347 g/mol. The van der Waals surface area contributed by atoms with E-state index in [-0.39, 0.29) is 6.29 Å². The second kappa shape index (κ2) is 9.92. The zero-order valence-electron chi connectivity index (χ0n) is 14.4. The summed E-state index contributed by atoms with van der Waals surface area (Å²) in [6.45, 7) is 6.00. The highest BCUT2D eigenvalue weighted by Crippen LogP contribution is 2.50. The molecular weight excluding hydrogens is 317 g/mol. The van der Waals surface area contributed by atoms with Crippen LogP contribution in [0, 0.1) is 0 Å². The highest BCUT2D eigenvalue weighted by molar-refractivity contribution is 7.56. The largest absolute Gasteiger partial charge is 0.379 e. The lowest BCUT2D eigenvalue weighted by atomic mass is 10.2. The van der Waals surface area contributed by atoms with Crippen molar-refractivity contribution in [2.24, 2.45) is 0 Å².